The molecular weight excluding hydrogens is 478 g/mol. The van der Waals surface area contributed by atoms with Crippen LogP contribution in [-0.2, 0) is 20.7 Å². The monoisotopic (exact) mass is 521 g/mol. The van der Waals surface area contributed by atoms with E-state index in [2.05, 4.69) is 17.6 Å². The number of unbranched alkanes of at least 4 members (excludes halogenated alkanes) is 1. The van der Waals surface area contributed by atoms with Crippen LogP contribution in [0.4, 0.5) is 4.79 Å². The van der Waals surface area contributed by atoms with Crippen molar-refractivity contribution in [3.63, 3.8) is 0 Å². The number of ether oxygens (including phenoxy) is 1. The normalized spacial score (nSPS) is 14.8. The zero-order valence-corrected chi connectivity index (χ0v) is 23.7. The van der Waals surface area contributed by atoms with Gasteiger partial charge in [0.2, 0.25) is 11.8 Å². The molecule has 7 heteroatoms. The predicted molar refractivity (Wildman–Crippen MR) is 150 cm³/mol. The standard InChI is InChI=1S/C31H43N3O4/c1-7-8-19-32-28(35)27(25-16-12-13-21(2)22(25)3)34(24-17-18-24)29(36)26(20-23-14-10-9-11-15-23)33-30(37)38-31(4,5)6/h9-16,24,26-27H,7-8,17-20H2,1-6H3,(H,32,35)(H,33,37). The molecule has 7 nitrogen and oxygen atoms in total. The van der Waals surface area contributed by atoms with Gasteiger partial charge >= 0.3 is 6.09 Å². The summed E-state index contributed by atoms with van der Waals surface area (Å²) in [4.78, 5) is 42.6. The maximum absolute atomic E-state index is 14.4. The zero-order valence-electron chi connectivity index (χ0n) is 23.7. The van der Waals surface area contributed by atoms with Gasteiger partial charge in [-0.2, -0.15) is 0 Å². The number of carbonyl (C=O) groups excluding carboxylic acids is 3. The second-order valence-electron chi connectivity index (χ2n) is 11.2. The molecule has 1 fully saturated rings. The van der Waals surface area contributed by atoms with Crippen molar-refractivity contribution in [3.05, 3.63) is 70.8 Å². The quantitative estimate of drug-likeness (QED) is 0.388. The Morgan fingerprint density at radius 1 is 1.03 bits per heavy atom. The molecule has 206 valence electrons. The summed E-state index contributed by atoms with van der Waals surface area (Å²) < 4.78 is 5.50. The molecule has 1 aliphatic rings. The second-order valence-corrected chi connectivity index (χ2v) is 11.2. The molecular formula is C31H43N3O4. The molecule has 2 atom stereocenters. The van der Waals surface area contributed by atoms with Crippen LogP contribution in [0.5, 0.6) is 0 Å². The Hall–Kier alpha value is -3.35. The average molecular weight is 522 g/mol. The Balaban J connectivity index is 2.01. The first-order valence-electron chi connectivity index (χ1n) is 13.7. The summed E-state index contributed by atoms with van der Waals surface area (Å²) in [6.07, 6.45) is 3.09. The number of nitrogens with zero attached hydrogens (tertiary/aromatic N) is 1. The Kier molecular flexibility index (Phi) is 9.95. The molecule has 0 aromatic heterocycles. The number of hydrogen-bond donors (Lipinski definition) is 2. The molecule has 2 unspecified atom stereocenters. The van der Waals surface area contributed by atoms with Crippen LogP contribution in [0.15, 0.2) is 48.5 Å². The van der Waals surface area contributed by atoms with E-state index in [1.54, 1.807) is 25.7 Å². The second kappa shape index (κ2) is 12.9. The third-order valence-corrected chi connectivity index (χ3v) is 6.76. The largest absolute Gasteiger partial charge is 0.444 e. The van der Waals surface area contributed by atoms with E-state index in [4.69, 9.17) is 4.74 Å². The number of amides is 3. The molecule has 3 amide bonds. The van der Waals surface area contributed by atoms with E-state index in [1.165, 1.54) is 0 Å². The van der Waals surface area contributed by atoms with Crippen LogP contribution in [0.25, 0.3) is 0 Å². The zero-order chi connectivity index (χ0) is 27.9. The summed E-state index contributed by atoms with van der Waals surface area (Å²) in [5.41, 5.74) is 3.07. The number of rotatable bonds is 11. The van der Waals surface area contributed by atoms with Crippen LogP contribution in [0.1, 0.15) is 81.7 Å². The van der Waals surface area contributed by atoms with Gasteiger partial charge in [0.1, 0.15) is 17.7 Å². The van der Waals surface area contributed by atoms with Crippen LogP contribution < -0.4 is 10.6 Å². The molecule has 1 saturated carbocycles. The van der Waals surface area contributed by atoms with E-state index in [9.17, 15) is 14.4 Å². The lowest BCUT2D eigenvalue weighted by Gasteiger charge is -2.35. The van der Waals surface area contributed by atoms with Gasteiger partial charge in [-0.1, -0.05) is 61.9 Å². The molecule has 3 rings (SSSR count). The Morgan fingerprint density at radius 3 is 2.32 bits per heavy atom. The maximum atomic E-state index is 14.4. The lowest BCUT2D eigenvalue weighted by molar-refractivity contribution is -0.143. The van der Waals surface area contributed by atoms with Gasteiger partial charge in [-0.3, -0.25) is 9.59 Å². The Morgan fingerprint density at radius 2 is 1.71 bits per heavy atom. The molecule has 0 radical (unpaired) electrons. The van der Waals surface area contributed by atoms with Crippen molar-refractivity contribution >= 4 is 17.9 Å². The van der Waals surface area contributed by atoms with Gasteiger partial charge < -0.3 is 20.3 Å². The number of nitrogens with one attached hydrogen (secondary N) is 2. The first kappa shape index (κ1) is 29.2. The summed E-state index contributed by atoms with van der Waals surface area (Å²) in [6, 6.07) is 13.7. The third kappa shape index (κ3) is 8.07. The minimum atomic E-state index is -0.885. The van der Waals surface area contributed by atoms with Gasteiger partial charge in [0.15, 0.2) is 0 Å². The lowest BCUT2D eigenvalue weighted by Crippen LogP contribution is -2.54. The smallest absolute Gasteiger partial charge is 0.408 e. The van der Waals surface area contributed by atoms with Crippen LogP contribution >= 0.6 is 0 Å². The van der Waals surface area contributed by atoms with E-state index in [-0.39, 0.29) is 17.9 Å². The molecule has 1 aliphatic carbocycles. The van der Waals surface area contributed by atoms with Gasteiger partial charge in [0.05, 0.1) is 0 Å². The van der Waals surface area contributed by atoms with Gasteiger partial charge in [-0.15, -0.1) is 0 Å². The van der Waals surface area contributed by atoms with Crippen molar-refractivity contribution in [1.29, 1.82) is 0 Å². The van der Waals surface area contributed by atoms with E-state index in [0.717, 1.165) is 47.9 Å². The van der Waals surface area contributed by atoms with Crippen LogP contribution in [0, 0.1) is 13.8 Å². The van der Waals surface area contributed by atoms with E-state index in [1.807, 2.05) is 62.4 Å². The average Bonchev–Trinajstić information content (AvgIpc) is 3.68. The van der Waals surface area contributed by atoms with Crippen molar-refractivity contribution in [2.45, 2.75) is 97.4 Å². The van der Waals surface area contributed by atoms with E-state index >= 15 is 0 Å². The molecule has 2 N–H and O–H groups in total. The molecule has 0 aliphatic heterocycles. The molecule has 0 saturated heterocycles. The SMILES string of the molecule is CCCCNC(=O)C(c1cccc(C)c1C)N(C(=O)C(Cc1ccccc1)NC(=O)OC(C)(C)C)C1CC1. The Labute approximate surface area is 227 Å². The Bertz CT molecular complexity index is 1110. The topological polar surface area (TPSA) is 87.7 Å². The highest BCUT2D eigenvalue weighted by Crippen LogP contribution is 2.37. The summed E-state index contributed by atoms with van der Waals surface area (Å²) in [7, 11) is 0. The van der Waals surface area contributed by atoms with E-state index < -0.39 is 23.8 Å². The van der Waals surface area contributed by atoms with Gasteiger partial charge in [-0.05, 0) is 76.1 Å². The molecule has 0 heterocycles. The van der Waals surface area contributed by atoms with Crippen molar-refractivity contribution < 1.29 is 19.1 Å². The van der Waals surface area contributed by atoms with Gasteiger partial charge in [0, 0.05) is 19.0 Å². The summed E-state index contributed by atoms with van der Waals surface area (Å²) in [5.74, 6) is -0.470. The lowest BCUT2D eigenvalue weighted by atomic mass is 9.94. The highest BCUT2D eigenvalue weighted by atomic mass is 16.6. The number of benzene rings is 2. The number of alkyl carbamates (subject to hydrolysis) is 1. The van der Waals surface area contributed by atoms with Crippen molar-refractivity contribution in [2.24, 2.45) is 0 Å². The molecule has 38 heavy (non-hydrogen) atoms. The molecule has 2 aromatic rings. The highest BCUT2D eigenvalue weighted by Gasteiger charge is 2.44. The van der Waals surface area contributed by atoms with Crippen molar-refractivity contribution in [2.75, 3.05) is 6.54 Å². The fourth-order valence-corrected chi connectivity index (χ4v) is 4.52. The van der Waals surface area contributed by atoms with Gasteiger partial charge in [-0.25, -0.2) is 4.79 Å². The van der Waals surface area contributed by atoms with Crippen LogP contribution in [-0.4, -0.2) is 47.0 Å². The van der Waals surface area contributed by atoms with Gasteiger partial charge in [0.25, 0.3) is 0 Å². The summed E-state index contributed by atoms with van der Waals surface area (Å²) >= 11 is 0. The third-order valence-electron chi connectivity index (χ3n) is 6.76. The minimum Gasteiger partial charge on any atom is -0.444 e. The molecule has 0 spiro atoms. The van der Waals surface area contributed by atoms with E-state index in [0.29, 0.717) is 13.0 Å². The van der Waals surface area contributed by atoms with Crippen molar-refractivity contribution in [3.8, 4) is 0 Å². The first-order valence-corrected chi connectivity index (χ1v) is 13.7. The molecule has 0 bridgehead atoms. The maximum Gasteiger partial charge on any atom is 0.408 e. The van der Waals surface area contributed by atoms with Crippen LogP contribution in [0.3, 0.4) is 0 Å². The first-order chi connectivity index (χ1) is 18.0. The fourth-order valence-electron chi connectivity index (χ4n) is 4.52. The highest BCUT2D eigenvalue weighted by molar-refractivity contribution is 5.93. The minimum absolute atomic E-state index is 0.0666. The fraction of sp³-hybridized carbons (Fsp3) is 0.516. The van der Waals surface area contributed by atoms with Crippen LogP contribution in [0.2, 0.25) is 0 Å². The predicted octanol–water partition coefficient (Wildman–Crippen LogP) is 5.39. The summed E-state index contributed by atoms with van der Waals surface area (Å²) in [6.45, 7) is 12.0. The number of aryl methyl sites for hydroxylation is 1. The number of carbonyl (C=O) groups is 3. The number of hydrogen-bond acceptors (Lipinski definition) is 4. The van der Waals surface area contributed by atoms with Crippen molar-refractivity contribution in [1.82, 2.24) is 15.5 Å². The summed E-state index contributed by atoms with van der Waals surface area (Å²) in [5, 5.41) is 5.89. The molecule has 2 aromatic carbocycles.